The first-order chi connectivity index (χ1) is 9.29. The highest BCUT2D eigenvalue weighted by molar-refractivity contribution is 5.89. The zero-order valence-electron chi connectivity index (χ0n) is 10.8. The molecule has 0 unspecified atom stereocenters. The van der Waals surface area contributed by atoms with Gasteiger partial charge in [0.15, 0.2) is 5.82 Å². The van der Waals surface area contributed by atoms with Crippen molar-refractivity contribution in [3.63, 3.8) is 0 Å². The van der Waals surface area contributed by atoms with Gasteiger partial charge in [0, 0.05) is 13.2 Å². The number of anilines is 4. The van der Waals surface area contributed by atoms with Crippen LogP contribution in [0.15, 0.2) is 30.3 Å². The molecule has 0 fully saturated rings. The Labute approximate surface area is 111 Å². The lowest BCUT2D eigenvalue weighted by Gasteiger charge is -2.32. The van der Waals surface area contributed by atoms with Gasteiger partial charge in [-0.2, -0.15) is 5.10 Å². The molecule has 98 valence electrons. The molecule has 5 nitrogen and oxygen atoms in total. The summed E-state index contributed by atoms with van der Waals surface area (Å²) in [6, 6.07) is 10.1. The van der Waals surface area contributed by atoms with Crippen LogP contribution in [0.3, 0.4) is 0 Å². The third-order valence-electron chi connectivity index (χ3n) is 3.17. The molecule has 0 aliphatic carbocycles. The van der Waals surface area contributed by atoms with E-state index in [2.05, 4.69) is 26.5 Å². The Kier molecular flexibility index (Phi) is 3.05. The van der Waals surface area contributed by atoms with E-state index >= 15 is 0 Å². The van der Waals surface area contributed by atoms with Crippen molar-refractivity contribution in [3.8, 4) is 0 Å². The summed E-state index contributed by atoms with van der Waals surface area (Å²) in [6.07, 6.45) is 0.717. The highest BCUT2D eigenvalue weighted by Crippen LogP contribution is 2.42. The Morgan fingerprint density at radius 3 is 2.89 bits per heavy atom. The number of rotatable bonds is 3. The van der Waals surface area contributed by atoms with Gasteiger partial charge >= 0.3 is 0 Å². The average molecular weight is 256 g/mol. The zero-order valence-corrected chi connectivity index (χ0v) is 10.8. The fraction of sp³-hybridized carbons (Fsp3) is 0.286. The minimum Gasteiger partial charge on any atom is -0.396 e. The van der Waals surface area contributed by atoms with Crippen LogP contribution in [0, 0.1) is 6.92 Å². The summed E-state index contributed by atoms with van der Waals surface area (Å²) in [4.78, 5) is 2.18. The highest BCUT2D eigenvalue weighted by Gasteiger charge is 2.23. The molecule has 1 aliphatic heterocycles. The van der Waals surface area contributed by atoms with Gasteiger partial charge in [-0.3, -0.25) is 0 Å². The summed E-state index contributed by atoms with van der Waals surface area (Å²) in [6.45, 7) is 2.87. The number of aromatic nitrogens is 2. The van der Waals surface area contributed by atoms with Crippen LogP contribution in [0.1, 0.15) is 12.1 Å². The van der Waals surface area contributed by atoms with Gasteiger partial charge in [-0.05, 0) is 31.5 Å². The van der Waals surface area contributed by atoms with Gasteiger partial charge in [0.1, 0.15) is 0 Å². The van der Waals surface area contributed by atoms with Gasteiger partial charge in [-0.25, -0.2) is 0 Å². The van der Waals surface area contributed by atoms with Crippen molar-refractivity contribution < 1.29 is 5.11 Å². The smallest absolute Gasteiger partial charge is 0.177 e. The Morgan fingerprint density at radius 1 is 1.21 bits per heavy atom. The molecule has 0 atom stereocenters. The number of para-hydroxylation sites is 2. The van der Waals surface area contributed by atoms with Crippen molar-refractivity contribution in [2.75, 3.05) is 23.4 Å². The Balaban J connectivity index is 2.08. The number of aliphatic hydroxyl groups is 1. The lowest BCUT2D eigenvalue weighted by molar-refractivity contribution is 0.291. The molecule has 1 aliphatic rings. The van der Waals surface area contributed by atoms with Crippen LogP contribution < -0.4 is 10.2 Å². The van der Waals surface area contributed by atoms with Crippen LogP contribution in [-0.4, -0.2) is 28.5 Å². The standard InChI is InChI=1S/C14H16N4O/c1-10-9-13-14(17-16-10)15-11-5-2-3-6-12(11)18(13)7-4-8-19/h2-3,5-6,9,19H,4,7-8H2,1H3,(H,15,17). The number of aryl methyl sites for hydroxylation is 1. The first kappa shape index (κ1) is 11.9. The number of nitrogens with zero attached hydrogens (tertiary/aromatic N) is 3. The van der Waals surface area contributed by atoms with Crippen LogP contribution in [0.25, 0.3) is 0 Å². The normalized spacial score (nSPS) is 12.6. The second-order valence-corrected chi connectivity index (χ2v) is 4.59. The molecule has 19 heavy (non-hydrogen) atoms. The summed E-state index contributed by atoms with van der Waals surface area (Å²) in [5, 5.41) is 20.7. The maximum atomic E-state index is 9.08. The van der Waals surface area contributed by atoms with Crippen molar-refractivity contribution in [2.45, 2.75) is 13.3 Å². The molecular formula is C14H16N4O. The molecule has 5 heteroatoms. The number of benzene rings is 1. The summed E-state index contributed by atoms with van der Waals surface area (Å²) in [5.41, 5.74) is 4.02. The molecule has 0 amide bonds. The van der Waals surface area contributed by atoms with Crippen molar-refractivity contribution in [1.29, 1.82) is 0 Å². The van der Waals surface area contributed by atoms with Crippen molar-refractivity contribution in [1.82, 2.24) is 10.2 Å². The predicted molar refractivity (Wildman–Crippen MR) is 75.2 cm³/mol. The highest BCUT2D eigenvalue weighted by atomic mass is 16.3. The second kappa shape index (κ2) is 4.85. The first-order valence-corrected chi connectivity index (χ1v) is 6.38. The van der Waals surface area contributed by atoms with Crippen LogP contribution in [-0.2, 0) is 0 Å². The molecule has 2 N–H and O–H groups in total. The third-order valence-corrected chi connectivity index (χ3v) is 3.17. The maximum Gasteiger partial charge on any atom is 0.177 e. The van der Waals surface area contributed by atoms with Crippen molar-refractivity contribution in [2.24, 2.45) is 0 Å². The van der Waals surface area contributed by atoms with E-state index < -0.39 is 0 Å². The van der Waals surface area contributed by atoms with Crippen molar-refractivity contribution in [3.05, 3.63) is 36.0 Å². The molecule has 2 heterocycles. The molecule has 0 saturated heterocycles. The van der Waals surface area contributed by atoms with E-state index in [1.807, 2.05) is 31.2 Å². The number of hydrogen-bond donors (Lipinski definition) is 2. The van der Waals surface area contributed by atoms with Crippen LogP contribution in [0.4, 0.5) is 22.9 Å². The maximum absolute atomic E-state index is 9.08. The quantitative estimate of drug-likeness (QED) is 0.882. The van der Waals surface area contributed by atoms with E-state index in [1.54, 1.807) is 0 Å². The van der Waals surface area contributed by atoms with Gasteiger partial charge in [-0.15, -0.1) is 5.10 Å². The molecule has 0 radical (unpaired) electrons. The van der Waals surface area contributed by atoms with Crippen molar-refractivity contribution >= 4 is 22.9 Å². The molecule has 1 aromatic heterocycles. The monoisotopic (exact) mass is 256 g/mol. The summed E-state index contributed by atoms with van der Waals surface area (Å²) in [5.74, 6) is 0.766. The molecule has 0 bridgehead atoms. The molecule has 3 rings (SSSR count). The lowest BCUT2D eigenvalue weighted by Crippen LogP contribution is -2.25. The van der Waals surface area contributed by atoms with E-state index in [-0.39, 0.29) is 6.61 Å². The summed E-state index contributed by atoms with van der Waals surface area (Å²) in [7, 11) is 0. The van der Waals surface area contributed by atoms with Crippen LogP contribution in [0.2, 0.25) is 0 Å². The molecular weight excluding hydrogens is 240 g/mol. The first-order valence-electron chi connectivity index (χ1n) is 6.38. The number of fused-ring (bicyclic) bond motifs is 2. The van der Waals surface area contributed by atoms with Crippen LogP contribution >= 0.6 is 0 Å². The third kappa shape index (κ3) is 2.13. The van der Waals surface area contributed by atoms with Gasteiger partial charge in [0.25, 0.3) is 0 Å². The average Bonchev–Trinajstić information content (AvgIpc) is 2.44. The fourth-order valence-electron chi connectivity index (χ4n) is 2.31. The summed E-state index contributed by atoms with van der Waals surface area (Å²) < 4.78 is 0. The van der Waals surface area contributed by atoms with Gasteiger partial charge in [0.05, 0.1) is 22.8 Å². The predicted octanol–water partition coefficient (Wildman–Crippen LogP) is 2.36. The van der Waals surface area contributed by atoms with Crippen LogP contribution in [0.5, 0.6) is 0 Å². The van der Waals surface area contributed by atoms with E-state index in [9.17, 15) is 0 Å². The fourth-order valence-corrected chi connectivity index (χ4v) is 2.31. The van der Waals surface area contributed by atoms with E-state index in [4.69, 9.17) is 5.11 Å². The molecule has 0 spiro atoms. The topological polar surface area (TPSA) is 61.3 Å². The molecule has 0 saturated carbocycles. The van der Waals surface area contributed by atoms with Gasteiger partial charge in [0.2, 0.25) is 0 Å². The lowest BCUT2D eigenvalue weighted by atomic mass is 10.1. The molecule has 2 aromatic rings. The molecule has 1 aromatic carbocycles. The van der Waals surface area contributed by atoms with E-state index in [0.29, 0.717) is 0 Å². The van der Waals surface area contributed by atoms with Gasteiger partial charge < -0.3 is 15.3 Å². The Morgan fingerprint density at radius 2 is 2.05 bits per heavy atom. The SMILES string of the molecule is Cc1cc2c(nn1)Nc1ccccc1N2CCCO. The largest absolute Gasteiger partial charge is 0.396 e. The second-order valence-electron chi connectivity index (χ2n) is 4.59. The minimum atomic E-state index is 0.179. The summed E-state index contributed by atoms with van der Waals surface area (Å²) >= 11 is 0. The Bertz CT molecular complexity index is 600. The number of hydrogen-bond acceptors (Lipinski definition) is 5. The Hall–Kier alpha value is -2.14. The minimum absolute atomic E-state index is 0.179. The van der Waals surface area contributed by atoms with E-state index in [1.165, 1.54) is 0 Å². The zero-order chi connectivity index (χ0) is 13.2. The van der Waals surface area contributed by atoms with E-state index in [0.717, 1.165) is 41.5 Å². The van der Waals surface area contributed by atoms with Gasteiger partial charge in [-0.1, -0.05) is 12.1 Å². The number of nitrogens with one attached hydrogen (secondary N) is 1. The number of aliphatic hydroxyl groups excluding tert-OH is 1.